The summed E-state index contributed by atoms with van der Waals surface area (Å²) in [5.74, 6) is -0.777. The molecule has 5 rings (SSSR count). The zero-order chi connectivity index (χ0) is 21.0. The van der Waals surface area contributed by atoms with Crippen LogP contribution in [-0.4, -0.2) is 37.1 Å². The second-order valence-corrected chi connectivity index (χ2v) is 10.6. The number of nitrogens with zero attached hydrogens (tertiary/aromatic N) is 1. The van der Waals surface area contributed by atoms with E-state index >= 15 is 0 Å². The summed E-state index contributed by atoms with van der Waals surface area (Å²) in [4.78, 5) is 37.7. The normalized spacial score (nSPS) is 21.5. The number of hydrogen-bond donors (Lipinski definition) is 2. The summed E-state index contributed by atoms with van der Waals surface area (Å²) in [7, 11) is -3.72. The number of carbonyl (C=O) groups excluding carboxylic acids is 3. The van der Waals surface area contributed by atoms with E-state index in [4.69, 9.17) is 0 Å². The van der Waals surface area contributed by atoms with Crippen molar-refractivity contribution in [3.63, 3.8) is 0 Å². The summed E-state index contributed by atoms with van der Waals surface area (Å²) < 4.78 is 28.8. The van der Waals surface area contributed by atoms with Crippen LogP contribution in [0.25, 0.3) is 0 Å². The summed E-state index contributed by atoms with van der Waals surface area (Å²) in [5, 5.41) is 4.06. The van der Waals surface area contributed by atoms with Crippen LogP contribution in [0.3, 0.4) is 0 Å². The minimum absolute atomic E-state index is 0.186. The monoisotopic (exact) mass is 445 g/mol. The smallest absolute Gasteiger partial charge is 0.271 e. The number of fused-ring (bicyclic) bond motifs is 1. The lowest BCUT2D eigenvalue weighted by atomic mass is 10.0. The van der Waals surface area contributed by atoms with E-state index in [1.807, 2.05) is 6.07 Å². The van der Waals surface area contributed by atoms with Gasteiger partial charge in [-0.3, -0.25) is 24.4 Å². The summed E-state index contributed by atoms with van der Waals surface area (Å²) in [5.41, 5.74) is 2.34. The fourth-order valence-corrected chi connectivity index (χ4v) is 6.64. The first-order chi connectivity index (χ1) is 14.3. The predicted molar refractivity (Wildman–Crippen MR) is 110 cm³/mol. The van der Waals surface area contributed by atoms with Gasteiger partial charge in [0.15, 0.2) is 0 Å². The minimum atomic E-state index is -3.72. The van der Waals surface area contributed by atoms with Gasteiger partial charge in [0.05, 0.1) is 0 Å². The third-order valence-corrected chi connectivity index (χ3v) is 8.59. The molecule has 0 bridgehead atoms. The van der Waals surface area contributed by atoms with Gasteiger partial charge in [0.2, 0.25) is 11.8 Å². The molecule has 1 saturated heterocycles. The molecule has 156 valence electrons. The third kappa shape index (κ3) is 3.29. The molecule has 2 aromatic rings. The summed E-state index contributed by atoms with van der Waals surface area (Å²) in [6, 6.07) is 5.96. The fourth-order valence-electron chi connectivity index (χ4n) is 4.06. The molecular formula is C20H19N3O5S2. The molecular weight excluding hydrogens is 426 g/mol. The van der Waals surface area contributed by atoms with Gasteiger partial charge >= 0.3 is 0 Å². The largest absolute Gasteiger partial charge is 0.322 e. The molecule has 1 atom stereocenters. The number of amides is 3. The van der Waals surface area contributed by atoms with Crippen molar-refractivity contribution in [2.24, 2.45) is 0 Å². The Hall–Kier alpha value is -2.72. The number of sulfonamides is 1. The maximum atomic E-state index is 12.9. The van der Waals surface area contributed by atoms with E-state index in [0.29, 0.717) is 26.9 Å². The number of nitrogens with one attached hydrogen (secondary N) is 2. The van der Waals surface area contributed by atoms with E-state index < -0.39 is 22.0 Å². The van der Waals surface area contributed by atoms with Gasteiger partial charge in [-0.1, -0.05) is 0 Å². The van der Waals surface area contributed by atoms with Crippen molar-refractivity contribution in [1.29, 1.82) is 0 Å². The quantitative estimate of drug-likeness (QED) is 0.685. The van der Waals surface area contributed by atoms with Crippen molar-refractivity contribution in [1.82, 2.24) is 10.2 Å². The number of benzene rings is 1. The molecule has 1 saturated carbocycles. The van der Waals surface area contributed by atoms with E-state index in [1.54, 1.807) is 23.6 Å². The molecule has 30 heavy (non-hydrogen) atoms. The van der Waals surface area contributed by atoms with Crippen molar-refractivity contribution < 1.29 is 22.8 Å². The zero-order valence-electron chi connectivity index (χ0n) is 15.9. The number of carbonyl (C=O) groups is 3. The first kappa shape index (κ1) is 19.3. The molecule has 3 aliphatic rings. The average Bonchev–Trinajstić information content (AvgIpc) is 3.31. The molecule has 8 nitrogen and oxygen atoms in total. The second-order valence-electron chi connectivity index (χ2n) is 7.82. The number of imide groups is 1. The van der Waals surface area contributed by atoms with Crippen molar-refractivity contribution in [2.75, 3.05) is 4.72 Å². The van der Waals surface area contributed by atoms with Gasteiger partial charge in [0.1, 0.15) is 10.3 Å². The number of thiophene rings is 1. The number of piperidine rings is 1. The van der Waals surface area contributed by atoms with Crippen LogP contribution < -0.4 is 10.0 Å². The van der Waals surface area contributed by atoms with Gasteiger partial charge in [0.25, 0.3) is 15.9 Å². The highest BCUT2D eigenvalue weighted by Gasteiger charge is 2.39. The standard InChI is InChI=1S/C20H19N3O5S2/c24-17-6-5-16(18(25)21-17)23-10-12-9-13(3-4-14(12)19(23)26)22-30(27,28)20-15(7-8-29-20)11-1-2-11/h3-4,7-9,11,16,22H,1-2,5-6,10H2,(H,21,24,25). The maximum Gasteiger partial charge on any atom is 0.271 e. The van der Waals surface area contributed by atoms with E-state index in [1.165, 1.54) is 16.2 Å². The van der Waals surface area contributed by atoms with Gasteiger partial charge in [-0.25, -0.2) is 8.42 Å². The van der Waals surface area contributed by atoms with Gasteiger partial charge < -0.3 is 4.90 Å². The van der Waals surface area contributed by atoms with Crippen molar-refractivity contribution in [3.8, 4) is 0 Å². The summed E-state index contributed by atoms with van der Waals surface area (Å²) in [6.45, 7) is 0.197. The molecule has 0 spiro atoms. The van der Waals surface area contributed by atoms with E-state index in [0.717, 1.165) is 18.4 Å². The Morgan fingerprint density at radius 1 is 1.10 bits per heavy atom. The van der Waals surface area contributed by atoms with Crippen molar-refractivity contribution in [2.45, 2.75) is 48.4 Å². The first-order valence-electron chi connectivity index (χ1n) is 9.71. The first-order valence-corrected chi connectivity index (χ1v) is 12.1. The summed E-state index contributed by atoms with van der Waals surface area (Å²) in [6.07, 6.45) is 2.49. The second kappa shape index (κ2) is 6.92. The maximum absolute atomic E-state index is 12.9. The van der Waals surface area contributed by atoms with E-state index in [2.05, 4.69) is 10.0 Å². The van der Waals surface area contributed by atoms with Crippen LogP contribution in [0.2, 0.25) is 0 Å². The number of anilines is 1. The Morgan fingerprint density at radius 2 is 1.90 bits per heavy atom. The molecule has 1 aromatic carbocycles. The number of rotatable bonds is 5. The van der Waals surface area contributed by atoms with Crippen LogP contribution in [0.15, 0.2) is 33.9 Å². The van der Waals surface area contributed by atoms with Crippen LogP contribution in [-0.2, 0) is 26.2 Å². The molecule has 1 unspecified atom stereocenters. The molecule has 2 N–H and O–H groups in total. The molecule has 10 heteroatoms. The Balaban J connectivity index is 1.37. The highest BCUT2D eigenvalue weighted by molar-refractivity contribution is 7.94. The van der Waals surface area contributed by atoms with E-state index in [9.17, 15) is 22.8 Å². The highest BCUT2D eigenvalue weighted by atomic mass is 32.2. The Morgan fingerprint density at radius 3 is 2.63 bits per heavy atom. The van der Waals surface area contributed by atoms with Crippen molar-refractivity contribution >= 4 is 44.8 Å². The van der Waals surface area contributed by atoms with E-state index in [-0.39, 0.29) is 31.2 Å². The Labute approximate surface area is 177 Å². The highest BCUT2D eigenvalue weighted by Crippen LogP contribution is 2.45. The van der Waals surface area contributed by atoms with Gasteiger partial charge in [-0.15, -0.1) is 11.3 Å². The molecule has 2 fully saturated rings. The predicted octanol–water partition coefficient (Wildman–Crippen LogP) is 2.19. The average molecular weight is 446 g/mol. The molecule has 0 radical (unpaired) electrons. The fraction of sp³-hybridized carbons (Fsp3) is 0.350. The molecule has 2 aliphatic heterocycles. The van der Waals surface area contributed by atoms with Gasteiger partial charge in [-0.05, 0) is 66.0 Å². The third-order valence-electron chi connectivity index (χ3n) is 5.70. The summed E-state index contributed by atoms with van der Waals surface area (Å²) >= 11 is 1.20. The van der Waals surface area contributed by atoms with Crippen LogP contribution in [0, 0.1) is 0 Å². The minimum Gasteiger partial charge on any atom is -0.322 e. The molecule has 3 heterocycles. The van der Waals surface area contributed by atoms with Gasteiger partial charge in [0, 0.05) is 24.2 Å². The Kier molecular flexibility index (Phi) is 4.44. The Bertz CT molecular complexity index is 1180. The van der Waals surface area contributed by atoms with Crippen LogP contribution in [0.5, 0.6) is 0 Å². The number of hydrogen-bond acceptors (Lipinski definition) is 6. The molecule has 3 amide bonds. The zero-order valence-corrected chi connectivity index (χ0v) is 17.5. The SMILES string of the molecule is O=C1CCC(N2Cc3cc(NS(=O)(=O)c4sccc4C4CC4)ccc3C2=O)C(=O)N1. The topological polar surface area (TPSA) is 113 Å². The van der Waals surface area contributed by atoms with Crippen molar-refractivity contribution in [3.05, 3.63) is 46.3 Å². The van der Waals surface area contributed by atoms with Gasteiger partial charge in [-0.2, -0.15) is 0 Å². The lowest BCUT2D eigenvalue weighted by molar-refractivity contribution is -0.136. The van der Waals surface area contributed by atoms with Crippen LogP contribution >= 0.6 is 11.3 Å². The molecule has 1 aromatic heterocycles. The lowest BCUT2D eigenvalue weighted by Gasteiger charge is -2.29. The lowest BCUT2D eigenvalue weighted by Crippen LogP contribution is -2.52. The van der Waals surface area contributed by atoms with Crippen LogP contribution in [0.4, 0.5) is 5.69 Å². The van der Waals surface area contributed by atoms with Crippen LogP contribution in [0.1, 0.15) is 53.1 Å². The molecule has 1 aliphatic carbocycles.